The van der Waals surface area contributed by atoms with E-state index in [-0.39, 0.29) is 12.5 Å². The molecule has 30 heavy (non-hydrogen) atoms. The molecule has 0 aliphatic carbocycles. The Balaban J connectivity index is 1.69. The highest BCUT2D eigenvalue weighted by atomic mass is 32.2. The van der Waals surface area contributed by atoms with Crippen LogP contribution in [0.25, 0.3) is 5.69 Å². The van der Waals surface area contributed by atoms with Gasteiger partial charge in [-0.3, -0.25) is 9.10 Å². The second kappa shape index (κ2) is 8.71. The average molecular weight is 427 g/mol. The maximum Gasteiger partial charge on any atom is 0.241 e. The number of nitrogens with zero attached hydrogens (tertiary/aromatic N) is 3. The average Bonchev–Trinajstić information content (AvgIpc) is 3.11. The van der Waals surface area contributed by atoms with Gasteiger partial charge in [0, 0.05) is 24.6 Å². The number of carbonyl (C=O) groups excluding carboxylic acids is 1. The van der Waals surface area contributed by atoms with Gasteiger partial charge in [0.05, 0.1) is 11.9 Å². The molecule has 0 atom stereocenters. The predicted molar refractivity (Wildman–Crippen MR) is 118 cm³/mol. The number of aromatic nitrogens is 2. The first-order valence-electron chi connectivity index (χ1n) is 9.56. The minimum absolute atomic E-state index is 0.267. The number of anilines is 1. The van der Waals surface area contributed by atoms with E-state index >= 15 is 0 Å². The van der Waals surface area contributed by atoms with Crippen molar-refractivity contribution in [3.8, 4) is 5.69 Å². The van der Waals surface area contributed by atoms with Crippen LogP contribution in [0.5, 0.6) is 0 Å². The molecule has 2 aromatic carbocycles. The molecular formula is C22H26N4O3S. The zero-order valence-corrected chi connectivity index (χ0v) is 18.4. The normalized spacial score (nSPS) is 11.3. The van der Waals surface area contributed by atoms with Crippen LogP contribution in [0.3, 0.4) is 0 Å². The van der Waals surface area contributed by atoms with Gasteiger partial charge >= 0.3 is 0 Å². The fraction of sp³-hybridized carbons (Fsp3) is 0.273. The Morgan fingerprint density at radius 1 is 1.07 bits per heavy atom. The van der Waals surface area contributed by atoms with Crippen LogP contribution in [-0.4, -0.2) is 36.7 Å². The van der Waals surface area contributed by atoms with Crippen LogP contribution >= 0.6 is 0 Å². The van der Waals surface area contributed by atoms with Crippen LogP contribution in [0.2, 0.25) is 0 Å². The molecule has 0 bridgehead atoms. The van der Waals surface area contributed by atoms with E-state index in [4.69, 9.17) is 0 Å². The first-order chi connectivity index (χ1) is 14.2. The van der Waals surface area contributed by atoms with Crippen molar-refractivity contribution >= 4 is 21.6 Å². The van der Waals surface area contributed by atoms with Gasteiger partial charge in [-0.15, -0.1) is 0 Å². The summed E-state index contributed by atoms with van der Waals surface area (Å²) >= 11 is 0. The Labute approximate surface area is 177 Å². The summed E-state index contributed by atoms with van der Waals surface area (Å²) in [5.41, 5.74) is 4.06. The fourth-order valence-electron chi connectivity index (χ4n) is 3.37. The van der Waals surface area contributed by atoms with Crippen molar-refractivity contribution < 1.29 is 13.2 Å². The Bertz CT molecular complexity index is 1130. The van der Waals surface area contributed by atoms with Crippen LogP contribution in [0.4, 0.5) is 5.69 Å². The standard InChI is InChI=1S/C22H26N4O3S/c1-16-6-5-7-17(2)22(16)26(30(4,28)29)15-21(27)24-14-19-8-10-20(11-9-19)25-13-12-23-18(25)3/h5-13H,14-15H2,1-4H3,(H,24,27). The lowest BCUT2D eigenvalue weighted by atomic mass is 10.1. The van der Waals surface area contributed by atoms with Gasteiger partial charge in [0.15, 0.2) is 0 Å². The predicted octanol–water partition coefficient (Wildman–Crippen LogP) is 2.88. The van der Waals surface area contributed by atoms with Gasteiger partial charge in [-0.25, -0.2) is 13.4 Å². The number of carbonyl (C=O) groups is 1. The lowest BCUT2D eigenvalue weighted by molar-refractivity contribution is -0.119. The molecule has 7 nitrogen and oxygen atoms in total. The lowest BCUT2D eigenvalue weighted by Crippen LogP contribution is -2.40. The molecule has 1 heterocycles. The molecule has 0 spiro atoms. The summed E-state index contributed by atoms with van der Waals surface area (Å²) in [6.07, 6.45) is 4.75. The topological polar surface area (TPSA) is 84.3 Å². The van der Waals surface area contributed by atoms with E-state index < -0.39 is 10.0 Å². The van der Waals surface area contributed by atoms with Gasteiger partial charge in [-0.05, 0) is 49.6 Å². The van der Waals surface area contributed by atoms with Gasteiger partial charge in [-0.2, -0.15) is 0 Å². The quantitative estimate of drug-likeness (QED) is 0.630. The number of hydrogen-bond donors (Lipinski definition) is 1. The summed E-state index contributed by atoms with van der Waals surface area (Å²) in [7, 11) is -3.61. The number of nitrogens with one attached hydrogen (secondary N) is 1. The van der Waals surface area contributed by atoms with Gasteiger partial charge in [0.25, 0.3) is 0 Å². The highest BCUT2D eigenvalue weighted by molar-refractivity contribution is 7.92. The second-order valence-corrected chi connectivity index (χ2v) is 9.20. The van der Waals surface area contributed by atoms with Crippen LogP contribution in [0, 0.1) is 20.8 Å². The van der Waals surface area contributed by atoms with Crippen LogP contribution in [-0.2, 0) is 21.4 Å². The molecule has 0 fully saturated rings. The number of hydrogen-bond acceptors (Lipinski definition) is 4. The zero-order valence-electron chi connectivity index (χ0n) is 17.6. The number of benzene rings is 2. The Morgan fingerprint density at radius 2 is 1.70 bits per heavy atom. The second-order valence-electron chi connectivity index (χ2n) is 7.30. The smallest absolute Gasteiger partial charge is 0.241 e. The third kappa shape index (κ3) is 4.88. The molecule has 1 N–H and O–H groups in total. The summed E-state index contributed by atoms with van der Waals surface area (Å²) in [4.78, 5) is 16.7. The lowest BCUT2D eigenvalue weighted by Gasteiger charge is -2.25. The van der Waals surface area contributed by atoms with E-state index in [2.05, 4.69) is 10.3 Å². The molecule has 0 saturated heterocycles. The van der Waals surface area contributed by atoms with Crippen molar-refractivity contribution in [3.63, 3.8) is 0 Å². The molecule has 1 aromatic heterocycles. The highest BCUT2D eigenvalue weighted by Gasteiger charge is 2.23. The molecule has 3 aromatic rings. The molecule has 158 valence electrons. The number of imidazole rings is 1. The first kappa shape index (κ1) is 21.6. The van der Waals surface area contributed by atoms with Gasteiger partial charge in [0.2, 0.25) is 15.9 Å². The third-order valence-corrected chi connectivity index (χ3v) is 6.02. The Morgan fingerprint density at radius 3 is 2.23 bits per heavy atom. The number of aryl methyl sites for hydroxylation is 3. The summed E-state index contributed by atoms with van der Waals surface area (Å²) in [6.45, 7) is 5.64. The summed E-state index contributed by atoms with van der Waals surface area (Å²) in [6, 6.07) is 13.3. The number of sulfonamides is 1. The number of amides is 1. The van der Waals surface area contributed by atoms with Crippen molar-refractivity contribution in [2.45, 2.75) is 27.3 Å². The molecule has 8 heteroatoms. The van der Waals surface area contributed by atoms with Crippen molar-refractivity contribution in [2.24, 2.45) is 0 Å². The zero-order chi connectivity index (χ0) is 21.9. The number of para-hydroxylation sites is 1. The minimum atomic E-state index is -3.61. The monoisotopic (exact) mass is 426 g/mol. The molecule has 0 aliphatic rings. The first-order valence-corrected chi connectivity index (χ1v) is 11.4. The van der Waals surface area contributed by atoms with E-state index in [1.807, 2.05) is 74.0 Å². The highest BCUT2D eigenvalue weighted by Crippen LogP contribution is 2.26. The summed E-state index contributed by atoms with van der Waals surface area (Å²) < 4.78 is 27.9. The number of rotatable bonds is 7. The Hall–Kier alpha value is -3.13. The molecule has 0 saturated carbocycles. The fourth-order valence-corrected chi connectivity index (χ4v) is 4.34. The van der Waals surface area contributed by atoms with Gasteiger partial charge in [-0.1, -0.05) is 30.3 Å². The van der Waals surface area contributed by atoms with Crippen molar-refractivity contribution in [1.82, 2.24) is 14.9 Å². The largest absolute Gasteiger partial charge is 0.350 e. The van der Waals surface area contributed by atoms with Gasteiger partial charge in [0.1, 0.15) is 12.4 Å². The van der Waals surface area contributed by atoms with E-state index in [1.54, 1.807) is 6.20 Å². The SMILES string of the molecule is Cc1cccc(C)c1N(CC(=O)NCc1ccc(-n2ccnc2C)cc1)S(C)(=O)=O. The molecule has 1 amide bonds. The van der Waals surface area contributed by atoms with Crippen molar-refractivity contribution in [1.29, 1.82) is 0 Å². The van der Waals surface area contributed by atoms with Crippen molar-refractivity contribution in [3.05, 3.63) is 77.4 Å². The van der Waals surface area contributed by atoms with Crippen LogP contribution in [0.15, 0.2) is 54.9 Å². The summed E-state index contributed by atoms with van der Waals surface area (Å²) in [5.74, 6) is 0.529. The minimum Gasteiger partial charge on any atom is -0.350 e. The van der Waals surface area contributed by atoms with E-state index in [0.717, 1.165) is 38.8 Å². The third-order valence-electron chi connectivity index (χ3n) is 4.91. The van der Waals surface area contributed by atoms with E-state index in [1.165, 1.54) is 0 Å². The van der Waals surface area contributed by atoms with Gasteiger partial charge < -0.3 is 9.88 Å². The molecule has 3 rings (SSSR count). The molecular weight excluding hydrogens is 400 g/mol. The maximum atomic E-state index is 12.5. The van der Waals surface area contributed by atoms with Crippen LogP contribution in [0.1, 0.15) is 22.5 Å². The van der Waals surface area contributed by atoms with E-state index in [0.29, 0.717) is 12.2 Å². The Kier molecular flexibility index (Phi) is 6.26. The molecule has 0 unspecified atom stereocenters. The van der Waals surface area contributed by atoms with E-state index in [9.17, 15) is 13.2 Å². The van der Waals surface area contributed by atoms with Crippen molar-refractivity contribution in [2.75, 3.05) is 17.1 Å². The van der Waals surface area contributed by atoms with Crippen LogP contribution < -0.4 is 9.62 Å². The molecule has 0 radical (unpaired) electrons. The molecule has 0 aliphatic heterocycles. The summed E-state index contributed by atoms with van der Waals surface area (Å²) in [5, 5.41) is 2.81. The maximum absolute atomic E-state index is 12.5.